The third-order valence-corrected chi connectivity index (χ3v) is 6.58. The maximum atomic E-state index is 13.0. The van der Waals surface area contributed by atoms with E-state index in [0.29, 0.717) is 37.1 Å². The number of rotatable bonds is 5. The molecule has 8 heteroatoms. The van der Waals surface area contributed by atoms with E-state index >= 15 is 0 Å². The maximum absolute atomic E-state index is 13.0. The number of likely N-dealkylation sites (tertiary alicyclic amines) is 1. The van der Waals surface area contributed by atoms with Crippen LogP contribution in [0, 0.1) is 13.8 Å². The van der Waals surface area contributed by atoms with Gasteiger partial charge in [-0.1, -0.05) is 0 Å². The molecule has 1 amide bonds. The molecule has 0 aromatic carbocycles. The summed E-state index contributed by atoms with van der Waals surface area (Å²) in [7, 11) is 0. The minimum atomic E-state index is -0.0162. The highest BCUT2D eigenvalue weighted by molar-refractivity contribution is 7.15. The van der Waals surface area contributed by atoms with Gasteiger partial charge in [0, 0.05) is 31.4 Å². The summed E-state index contributed by atoms with van der Waals surface area (Å²) in [5.41, 5.74) is 2.46. The molecule has 7 nitrogen and oxygen atoms in total. The molecule has 4 rings (SSSR count). The topological polar surface area (TPSA) is 81.1 Å². The monoisotopic (exact) mass is 423 g/mol. The number of piperidine rings is 1. The van der Waals surface area contributed by atoms with Gasteiger partial charge in [-0.3, -0.25) is 4.79 Å². The molecule has 30 heavy (non-hydrogen) atoms. The highest BCUT2D eigenvalue weighted by Gasteiger charge is 2.28. The van der Waals surface area contributed by atoms with Crippen LogP contribution in [0.15, 0.2) is 30.6 Å². The number of aryl methyl sites for hydroxylation is 2. The first-order valence-corrected chi connectivity index (χ1v) is 11.0. The fraction of sp³-hybridized carbons (Fsp3) is 0.409. The molecule has 0 saturated carbocycles. The van der Waals surface area contributed by atoms with Gasteiger partial charge in [0.1, 0.15) is 11.4 Å². The van der Waals surface area contributed by atoms with E-state index in [0.717, 1.165) is 39.9 Å². The van der Waals surface area contributed by atoms with Gasteiger partial charge in [-0.15, -0.1) is 11.3 Å². The predicted octanol–water partition coefficient (Wildman–Crippen LogP) is 4.03. The third-order valence-electron chi connectivity index (χ3n) is 5.24. The van der Waals surface area contributed by atoms with E-state index in [1.165, 1.54) is 0 Å². The first kappa shape index (κ1) is 20.4. The maximum Gasteiger partial charge on any atom is 0.259 e. The Morgan fingerprint density at radius 1 is 1.17 bits per heavy atom. The van der Waals surface area contributed by atoms with Gasteiger partial charge in [-0.25, -0.2) is 19.9 Å². The molecule has 0 bridgehead atoms. The Morgan fingerprint density at radius 2 is 1.97 bits per heavy atom. The van der Waals surface area contributed by atoms with Crippen molar-refractivity contribution in [3.8, 4) is 16.5 Å². The summed E-state index contributed by atoms with van der Waals surface area (Å²) in [5.74, 6) is 1.51. The zero-order chi connectivity index (χ0) is 21.1. The lowest BCUT2D eigenvalue weighted by molar-refractivity contribution is 0.0707. The molecule has 0 spiro atoms. The van der Waals surface area contributed by atoms with Crippen LogP contribution in [0.4, 0.5) is 0 Å². The standard InChI is InChI=1S/C22H25N5O2S/c1-4-29-20-17(6-5-10-24-20)22(28)27-12-8-16(9-13-27)21-25-14(2)19(30-21)18-7-11-23-15(3)26-18/h5-7,10-11,16H,4,8-9,12-13H2,1-3H3. The number of carbonyl (C=O) groups excluding carboxylic acids is 1. The van der Waals surface area contributed by atoms with Crippen LogP contribution in [0.5, 0.6) is 5.88 Å². The summed E-state index contributed by atoms with van der Waals surface area (Å²) in [6.45, 7) is 7.70. The quantitative estimate of drug-likeness (QED) is 0.616. The normalized spacial score (nSPS) is 14.7. The Balaban J connectivity index is 1.45. The van der Waals surface area contributed by atoms with Crippen molar-refractivity contribution in [3.05, 3.63) is 52.7 Å². The number of nitrogens with zero attached hydrogens (tertiary/aromatic N) is 5. The summed E-state index contributed by atoms with van der Waals surface area (Å²) in [6.07, 6.45) is 5.22. The number of aromatic nitrogens is 4. The fourth-order valence-corrected chi connectivity index (χ4v) is 4.92. The predicted molar refractivity (Wildman–Crippen MR) is 116 cm³/mol. The smallest absolute Gasteiger partial charge is 0.259 e. The molecular weight excluding hydrogens is 398 g/mol. The Hall–Kier alpha value is -2.87. The molecule has 1 aliphatic heterocycles. The van der Waals surface area contributed by atoms with E-state index < -0.39 is 0 Å². The zero-order valence-electron chi connectivity index (χ0n) is 17.5. The SMILES string of the molecule is CCOc1ncccc1C(=O)N1CCC(c2nc(C)c(-c3ccnc(C)n3)s2)CC1. The number of amides is 1. The van der Waals surface area contributed by atoms with Gasteiger partial charge in [0.15, 0.2) is 0 Å². The van der Waals surface area contributed by atoms with E-state index in [1.807, 2.05) is 31.7 Å². The van der Waals surface area contributed by atoms with Gasteiger partial charge < -0.3 is 9.64 Å². The molecule has 3 aromatic rings. The lowest BCUT2D eigenvalue weighted by Gasteiger charge is -2.31. The average molecular weight is 424 g/mol. The van der Waals surface area contributed by atoms with Gasteiger partial charge >= 0.3 is 0 Å². The van der Waals surface area contributed by atoms with E-state index in [4.69, 9.17) is 9.72 Å². The van der Waals surface area contributed by atoms with Gasteiger partial charge in [-0.2, -0.15) is 0 Å². The van der Waals surface area contributed by atoms with Crippen molar-refractivity contribution < 1.29 is 9.53 Å². The molecule has 4 heterocycles. The summed E-state index contributed by atoms with van der Waals surface area (Å²) >= 11 is 1.71. The van der Waals surface area contributed by atoms with Gasteiger partial charge in [-0.05, 0) is 51.8 Å². The van der Waals surface area contributed by atoms with Crippen LogP contribution in [-0.4, -0.2) is 50.4 Å². The second-order valence-electron chi connectivity index (χ2n) is 7.31. The lowest BCUT2D eigenvalue weighted by Crippen LogP contribution is -2.38. The van der Waals surface area contributed by atoms with Gasteiger partial charge in [0.25, 0.3) is 5.91 Å². The van der Waals surface area contributed by atoms with Gasteiger partial charge in [0.05, 0.1) is 27.9 Å². The van der Waals surface area contributed by atoms with Crippen molar-refractivity contribution in [1.82, 2.24) is 24.8 Å². The molecular formula is C22H25N5O2S. The van der Waals surface area contributed by atoms with Crippen LogP contribution >= 0.6 is 11.3 Å². The van der Waals surface area contributed by atoms with Crippen LogP contribution in [0.1, 0.15) is 52.6 Å². The largest absolute Gasteiger partial charge is 0.477 e. The molecule has 1 saturated heterocycles. The molecule has 156 valence electrons. The molecule has 0 N–H and O–H groups in total. The second kappa shape index (κ2) is 8.87. The summed E-state index contributed by atoms with van der Waals surface area (Å²) < 4.78 is 5.53. The van der Waals surface area contributed by atoms with Gasteiger partial charge in [0.2, 0.25) is 5.88 Å². The molecule has 0 aliphatic carbocycles. The minimum absolute atomic E-state index is 0.0162. The van der Waals surface area contributed by atoms with E-state index in [1.54, 1.807) is 35.9 Å². The van der Waals surface area contributed by atoms with Crippen molar-refractivity contribution in [2.75, 3.05) is 19.7 Å². The highest BCUT2D eigenvalue weighted by atomic mass is 32.1. The first-order valence-electron chi connectivity index (χ1n) is 10.2. The van der Waals surface area contributed by atoms with Crippen LogP contribution in [0.3, 0.4) is 0 Å². The van der Waals surface area contributed by atoms with Crippen LogP contribution in [0.2, 0.25) is 0 Å². The zero-order valence-corrected chi connectivity index (χ0v) is 18.3. The van der Waals surface area contributed by atoms with Crippen molar-refractivity contribution in [2.24, 2.45) is 0 Å². The number of hydrogen-bond acceptors (Lipinski definition) is 7. The Bertz CT molecular complexity index is 1040. The average Bonchev–Trinajstić information content (AvgIpc) is 3.16. The van der Waals surface area contributed by atoms with Crippen molar-refractivity contribution in [1.29, 1.82) is 0 Å². The minimum Gasteiger partial charge on any atom is -0.477 e. The van der Waals surface area contributed by atoms with E-state index in [2.05, 4.69) is 15.0 Å². The summed E-state index contributed by atoms with van der Waals surface area (Å²) in [5, 5.41) is 1.13. The van der Waals surface area contributed by atoms with Crippen LogP contribution in [0.25, 0.3) is 10.6 Å². The molecule has 0 unspecified atom stereocenters. The lowest BCUT2D eigenvalue weighted by atomic mass is 9.97. The Morgan fingerprint density at radius 3 is 2.70 bits per heavy atom. The number of hydrogen-bond donors (Lipinski definition) is 0. The molecule has 0 radical (unpaired) electrons. The molecule has 0 atom stereocenters. The Kier molecular flexibility index (Phi) is 6.03. The van der Waals surface area contributed by atoms with E-state index in [-0.39, 0.29) is 5.91 Å². The van der Waals surface area contributed by atoms with Crippen molar-refractivity contribution in [2.45, 2.75) is 39.5 Å². The highest BCUT2D eigenvalue weighted by Crippen LogP contribution is 2.37. The number of pyridine rings is 1. The molecule has 3 aromatic heterocycles. The van der Waals surface area contributed by atoms with Crippen LogP contribution in [-0.2, 0) is 0 Å². The van der Waals surface area contributed by atoms with Crippen molar-refractivity contribution in [3.63, 3.8) is 0 Å². The van der Waals surface area contributed by atoms with Crippen molar-refractivity contribution >= 4 is 17.2 Å². The molecule has 1 fully saturated rings. The second-order valence-corrected chi connectivity index (χ2v) is 8.34. The Labute approximate surface area is 180 Å². The van der Waals surface area contributed by atoms with E-state index in [9.17, 15) is 4.79 Å². The summed E-state index contributed by atoms with van der Waals surface area (Å²) in [6, 6.07) is 5.49. The third kappa shape index (κ3) is 4.18. The summed E-state index contributed by atoms with van der Waals surface area (Å²) in [4.78, 5) is 33.8. The number of ether oxygens (including phenoxy) is 1. The molecule has 1 aliphatic rings. The first-order chi connectivity index (χ1) is 14.6. The fourth-order valence-electron chi connectivity index (χ4n) is 3.72. The number of thiazole rings is 1. The van der Waals surface area contributed by atoms with Crippen LogP contribution < -0.4 is 4.74 Å². The number of carbonyl (C=O) groups is 1.